The summed E-state index contributed by atoms with van der Waals surface area (Å²) < 4.78 is 0. The molecule has 0 aromatic carbocycles. The third-order valence-corrected chi connectivity index (χ3v) is 3.28. The standard InChI is InChI=1S/C13H21N3/c1-10-5-6-11(8-15-10)9-16-13-4-2-3-12(14)7-13/h5-6,8,12-13,16H,2-4,7,9,14H2,1H3. The number of nitrogens with zero attached hydrogens (tertiary/aromatic N) is 1. The highest BCUT2D eigenvalue weighted by molar-refractivity contribution is 5.12. The highest BCUT2D eigenvalue weighted by Crippen LogP contribution is 2.17. The molecule has 16 heavy (non-hydrogen) atoms. The summed E-state index contributed by atoms with van der Waals surface area (Å²) in [5, 5.41) is 3.57. The van der Waals surface area contributed by atoms with Gasteiger partial charge in [-0.3, -0.25) is 4.98 Å². The van der Waals surface area contributed by atoms with Crippen LogP contribution >= 0.6 is 0 Å². The lowest BCUT2D eigenvalue weighted by molar-refractivity contribution is 0.338. The molecule has 1 fully saturated rings. The predicted octanol–water partition coefficient (Wildman–Crippen LogP) is 1.75. The smallest absolute Gasteiger partial charge is 0.0372 e. The maximum absolute atomic E-state index is 5.96. The predicted molar refractivity (Wildman–Crippen MR) is 66.0 cm³/mol. The monoisotopic (exact) mass is 219 g/mol. The first kappa shape index (κ1) is 11.6. The Hall–Kier alpha value is -0.930. The van der Waals surface area contributed by atoms with Crippen molar-refractivity contribution in [1.29, 1.82) is 0 Å². The van der Waals surface area contributed by atoms with Gasteiger partial charge in [0, 0.05) is 30.5 Å². The van der Waals surface area contributed by atoms with E-state index in [0.717, 1.165) is 18.7 Å². The molecule has 1 aliphatic rings. The summed E-state index contributed by atoms with van der Waals surface area (Å²) >= 11 is 0. The quantitative estimate of drug-likeness (QED) is 0.814. The molecule has 3 heteroatoms. The highest BCUT2D eigenvalue weighted by atomic mass is 14.9. The molecule has 0 aliphatic heterocycles. The molecule has 2 atom stereocenters. The molecule has 3 N–H and O–H groups in total. The van der Waals surface area contributed by atoms with E-state index in [1.807, 2.05) is 13.1 Å². The van der Waals surface area contributed by atoms with Gasteiger partial charge in [-0.1, -0.05) is 12.5 Å². The van der Waals surface area contributed by atoms with Crippen molar-refractivity contribution < 1.29 is 0 Å². The van der Waals surface area contributed by atoms with Gasteiger partial charge in [-0.15, -0.1) is 0 Å². The van der Waals surface area contributed by atoms with Crippen LogP contribution < -0.4 is 11.1 Å². The normalized spacial score (nSPS) is 25.6. The number of nitrogens with one attached hydrogen (secondary N) is 1. The van der Waals surface area contributed by atoms with Crippen molar-refractivity contribution in [3.8, 4) is 0 Å². The lowest BCUT2D eigenvalue weighted by Crippen LogP contribution is -2.39. The first-order valence-electron chi connectivity index (χ1n) is 6.14. The van der Waals surface area contributed by atoms with E-state index in [1.165, 1.54) is 24.8 Å². The summed E-state index contributed by atoms with van der Waals surface area (Å²) in [6.07, 6.45) is 6.76. The van der Waals surface area contributed by atoms with E-state index in [2.05, 4.69) is 22.4 Å². The molecule has 0 bridgehead atoms. The molecule has 2 unspecified atom stereocenters. The Morgan fingerprint density at radius 3 is 3.00 bits per heavy atom. The average Bonchev–Trinajstić information content (AvgIpc) is 2.28. The average molecular weight is 219 g/mol. The zero-order valence-corrected chi connectivity index (χ0v) is 9.95. The first-order valence-corrected chi connectivity index (χ1v) is 6.14. The summed E-state index contributed by atoms with van der Waals surface area (Å²) in [5.74, 6) is 0. The van der Waals surface area contributed by atoms with Gasteiger partial charge in [-0.2, -0.15) is 0 Å². The van der Waals surface area contributed by atoms with Crippen LogP contribution in [0.1, 0.15) is 36.9 Å². The maximum atomic E-state index is 5.96. The molecule has 1 saturated carbocycles. The number of hydrogen-bond acceptors (Lipinski definition) is 3. The van der Waals surface area contributed by atoms with Gasteiger partial charge in [0.2, 0.25) is 0 Å². The van der Waals surface area contributed by atoms with Crippen LogP contribution in [0.25, 0.3) is 0 Å². The van der Waals surface area contributed by atoms with Gasteiger partial charge in [0.1, 0.15) is 0 Å². The zero-order chi connectivity index (χ0) is 11.4. The third kappa shape index (κ3) is 3.29. The van der Waals surface area contributed by atoms with E-state index in [0.29, 0.717) is 12.1 Å². The molecule has 0 radical (unpaired) electrons. The van der Waals surface area contributed by atoms with Gasteiger partial charge < -0.3 is 11.1 Å². The van der Waals surface area contributed by atoms with E-state index >= 15 is 0 Å². The van der Waals surface area contributed by atoms with Gasteiger partial charge in [0.15, 0.2) is 0 Å². The molecule has 2 rings (SSSR count). The van der Waals surface area contributed by atoms with Crippen molar-refractivity contribution in [2.24, 2.45) is 5.73 Å². The number of aromatic nitrogens is 1. The van der Waals surface area contributed by atoms with Crippen molar-refractivity contribution >= 4 is 0 Å². The molecular weight excluding hydrogens is 198 g/mol. The fourth-order valence-corrected chi connectivity index (χ4v) is 2.28. The molecule has 1 aromatic heterocycles. The lowest BCUT2D eigenvalue weighted by atomic mass is 9.91. The second-order valence-electron chi connectivity index (χ2n) is 4.81. The molecule has 1 aliphatic carbocycles. The fourth-order valence-electron chi connectivity index (χ4n) is 2.28. The Balaban J connectivity index is 1.80. The minimum atomic E-state index is 0.391. The summed E-state index contributed by atoms with van der Waals surface area (Å²) in [7, 11) is 0. The van der Waals surface area contributed by atoms with Crippen LogP contribution in [-0.4, -0.2) is 17.1 Å². The number of nitrogens with two attached hydrogens (primary N) is 1. The molecule has 0 saturated heterocycles. The van der Waals surface area contributed by atoms with Crippen LogP contribution in [0.15, 0.2) is 18.3 Å². The Kier molecular flexibility index (Phi) is 3.91. The summed E-state index contributed by atoms with van der Waals surface area (Å²) in [4.78, 5) is 4.29. The van der Waals surface area contributed by atoms with Crippen LogP contribution in [0, 0.1) is 6.92 Å². The van der Waals surface area contributed by atoms with Crippen molar-refractivity contribution in [3.63, 3.8) is 0 Å². The van der Waals surface area contributed by atoms with Gasteiger partial charge in [0.05, 0.1) is 0 Å². The summed E-state index contributed by atoms with van der Waals surface area (Å²) in [6.45, 7) is 2.92. The van der Waals surface area contributed by atoms with E-state index < -0.39 is 0 Å². The number of hydrogen-bond donors (Lipinski definition) is 2. The number of rotatable bonds is 3. The molecule has 1 aromatic rings. The molecule has 0 spiro atoms. The first-order chi connectivity index (χ1) is 7.74. The van der Waals surface area contributed by atoms with Crippen LogP contribution in [0.5, 0.6) is 0 Å². The van der Waals surface area contributed by atoms with Crippen molar-refractivity contribution in [1.82, 2.24) is 10.3 Å². The lowest BCUT2D eigenvalue weighted by Gasteiger charge is -2.27. The largest absolute Gasteiger partial charge is 0.328 e. The topological polar surface area (TPSA) is 50.9 Å². The van der Waals surface area contributed by atoms with E-state index in [-0.39, 0.29) is 0 Å². The molecule has 1 heterocycles. The molecule has 0 amide bonds. The molecule has 3 nitrogen and oxygen atoms in total. The Bertz CT molecular complexity index is 320. The second kappa shape index (κ2) is 5.41. The van der Waals surface area contributed by atoms with E-state index in [1.54, 1.807) is 0 Å². The van der Waals surface area contributed by atoms with Crippen molar-refractivity contribution in [2.75, 3.05) is 0 Å². The summed E-state index contributed by atoms with van der Waals surface area (Å²) in [6, 6.07) is 5.18. The second-order valence-corrected chi connectivity index (χ2v) is 4.81. The molecular formula is C13H21N3. The zero-order valence-electron chi connectivity index (χ0n) is 9.95. The maximum Gasteiger partial charge on any atom is 0.0372 e. The van der Waals surface area contributed by atoms with E-state index in [9.17, 15) is 0 Å². The highest BCUT2D eigenvalue weighted by Gasteiger charge is 2.18. The van der Waals surface area contributed by atoms with Crippen LogP contribution in [-0.2, 0) is 6.54 Å². The minimum absolute atomic E-state index is 0.391. The Labute approximate surface area is 97.5 Å². The number of aryl methyl sites for hydroxylation is 1. The Morgan fingerprint density at radius 1 is 1.44 bits per heavy atom. The summed E-state index contributed by atoms with van der Waals surface area (Å²) in [5.41, 5.74) is 8.29. The Morgan fingerprint density at radius 2 is 2.31 bits per heavy atom. The van der Waals surface area contributed by atoms with Gasteiger partial charge in [0.25, 0.3) is 0 Å². The van der Waals surface area contributed by atoms with Gasteiger partial charge in [-0.25, -0.2) is 0 Å². The van der Waals surface area contributed by atoms with Crippen molar-refractivity contribution in [2.45, 2.75) is 51.2 Å². The van der Waals surface area contributed by atoms with Crippen molar-refractivity contribution in [3.05, 3.63) is 29.6 Å². The van der Waals surface area contributed by atoms with Crippen LogP contribution in [0.2, 0.25) is 0 Å². The number of pyridine rings is 1. The fraction of sp³-hybridized carbons (Fsp3) is 0.615. The van der Waals surface area contributed by atoms with Crippen LogP contribution in [0.3, 0.4) is 0 Å². The minimum Gasteiger partial charge on any atom is -0.328 e. The third-order valence-electron chi connectivity index (χ3n) is 3.28. The van der Waals surface area contributed by atoms with Gasteiger partial charge in [-0.05, 0) is 37.8 Å². The SMILES string of the molecule is Cc1ccc(CNC2CCCC(N)C2)cn1. The van der Waals surface area contributed by atoms with Gasteiger partial charge >= 0.3 is 0 Å². The molecule has 88 valence electrons. The van der Waals surface area contributed by atoms with Crippen LogP contribution in [0.4, 0.5) is 0 Å². The van der Waals surface area contributed by atoms with E-state index in [4.69, 9.17) is 5.73 Å².